The molecule has 5 fully saturated rings. The third kappa shape index (κ3) is 4.50. The van der Waals surface area contributed by atoms with Crippen molar-refractivity contribution in [3.63, 3.8) is 0 Å². The first-order chi connectivity index (χ1) is 24.2. The average molecular weight is 685 g/mol. The van der Waals surface area contributed by atoms with Crippen molar-refractivity contribution >= 4 is 27.6 Å². The quantitative estimate of drug-likeness (QED) is 0.289. The standard InChI is InChI=1S/C38H42F2N6O4/c1-49-17-22-5-2-4-21-12-25(47)13-26(29(21)22)30-31(40)32-33-34(46-16-24-6-7-27(41-24)28(46)8-11-45(33)35(30)48)43-36(42-32)50-20-38-14-23(39)15-44(38)19-37(18-38)9-3-10-37/h2,4-5,12-13,23-24,27-28,41,47H,3,6-11,14-20H2,1H3/t23-,24?,27?,28?,38-/m1/s1. The van der Waals surface area contributed by atoms with E-state index in [2.05, 4.69) is 15.1 Å². The zero-order chi connectivity index (χ0) is 33.9. The number of halogens is 2. The molecule has 0 amide bonds. The fraction of sp³-hybridized carbons (Fsp3) is 0.553. The van der Waals surface area contributed by atoms with Crippen LogP contribution in [0.1, 0.15) is 56.9 Å². The van der Waals surface area contributed by atoms with Crippen molar-refractivity contribution in [3.8, 4) is 22.9 Å². The number of aryl methyl sites for hydroxylation is 1. The van der Waals surface area contributed by atoms with Gasteiger partial charge in [0.05, 0.1) is 17.7 Å². The van der Waals surface area contributed by atoms with Gasteiger partial charge in [0.15, 0.2) is 11.6 Å². The number of nitrogens with zero attached hydrogens (tertiary/aromatic N) is 5. The number of aromatic hydroxyl groups is 1. The lowest BCUT2D eigenvalue weighted by molar-refractivity contribution is 0.104. The predicted molar refractivity (Wildman–Crippen MR) is 185 cm³/mol. The number of piperazine rings is 1. The zero-order valence-corrected chi connectivity index (χ0v) is 28.3. The number of hydrogen-bond donors (Lipinski definition) is 2. The summed E-state index contributed by atoms with van der Waals surface area (Å²) in [6, 6.07) is 9.25. The van der Waals surface area contributed by atoms with Crippen molar-refractivity contribution in [1.82, 2.24) is 24.8 Å². The number of rotatable bonds is 6. The topological polar surface area (TPSA) is 105 Å². The maximum atomic E-state index is 17.4. The number of benzene rings is 2. The van der Waals surface area contributed by atoms with E-state index < -0.39 is 23.1 Å². The summed E-state index contributed by atoms with van der Waals surface area (Å²) in [5.74, 6) is -0.333. The fourth-order valence-corrected chi connectivity index (χ4v) is 10.7. The molecule has 3 unspecified atom stereocenters. The second-order valence-electron chi connectivity index (χ2n) is 15.9. The number of fused-ring (bicyclic) bond motifs is 7. The van der Waals surface area contributed by atoms with Gasteiger partial charge in [-0.05, 0) is 72.4 Å². The van der Waals surface area contributed by atoms with E-state index in [1.54, 1.807) is 17.7 Å². The number of nitrogens with one attached hydrogen (secondary N) is 1. The molecule has 7 heterocycles. The number of hydrogen-bond acceptors (Lipinski definition) is 9. The van der Waals surface area contributed by atoms with E-state index in [-0.39, 0.29) is 65.2 Å². The number of anilines is 1. The minimum atomic E-state index is -0.912. The van der Waals surface area contributed by atoms with Gasteiger partial charge in [0.25, 0.3) is 5.56 Å². The van der Waals surface area contributed by atoms with Crippen LogP contribution in [-0.4, -0.2) is 87.7 Å². The molecular weight excluding hydrogens is 642 g/mol. The van der Waals surface area contributed by atoms with Crippen molar-refractivity contribution in [2.45, 2.75) is 94.4 Å². The average Bonchev–Trinajstić information content (AvgIpc) is 3.68. The summed E-state index contributed by atoms with van der Waals surface area (Å²) in [6.45, 7) is 2.82. The molecule has 4 aromatic rings. The van der Waals surface area contributed by atoms with Crippen LogP contribution < -0.4 is 20.5 Å². The number of methoxy groups -OCH3 is 1. The molecule has 10 rings (SSSR count). The Morgan fingerprint density at radius 2 is 2.02 bits per heavy atom. The summed E-state index contributed by atoms with van der Waals surface area (Å²) in [7, 11) is 1.59. The number of phenols is 1. The Bertz CT molecular complexity index is 2120. The van der Waals surface area contributed by atoms with Gasteiger partial charge in [0.1, 0.15) is 29.6 Å². The molecule has 4 saturated heterocycles. The second kappa shape index (κ2) is 11.1. The van der Waals surface area contributed by atoms with Gasteiger partial charge in [-0.2, -0.15) is 9.97 Å². The molecule has 10 nitrogen and oxygen atoms in total. The molecule has 0 radical (unpaired) electrons. The van der Waals surface area contributed by atoms with E-state index >= 15 is 4.39 Å². The smallest absolute Gasteiger partial charge is 0.319 e. The number of alkyl halides is 1. The normalized spacial score (nSPS) is 29.4. The minimum absolute atomic E-state index is 0.0119. The first-order valence-electron chi connectivity index (χ1n) is 18.2. The van der Waals surface area contributed by atoms with Crippen LogP contribution >= 0.6 is 0 Å². The predicted octanol–water partition coefficient (Wildman–Crippen LogP) is 5.05. The molecule has 50 heavy (non-hydrogen) atoms. The van der Waals surface area contributed by atoms with Crippen LogP contribution in [-0.2, 0) is 17.9 Å². The van der Waals surface area contributed by atoms with Gasteiger partial charge >= 0.3 is 6.01 Å². The monoisotopic (exact) mass is 684 g/mol. The lowest BCUT2D eigenvalue weighted by Crippen LogP contribution is -2.58. The molecule has 1 saturated carbocycles. The molecule has 6 aliphatic rings. The molecule has 12 heteroatoms. The highest BCUT2D eigenvalue weighted by atomic mass is 19.1. The van der Waals surface area contributed by atoms with Gasteiger partial charge < -0.3 is 29.4 Å². The molecular formula is C38H42F2N6O4. The highest BCUT2D eigenvalue weighted by Crippen LogP contribution is 2.57. The fourth-order valence-electron chi connectivity index (χ4n) is 10.7. The highest BCUT2D eigenvalue weighted by Gasteiger charge is 2.60. The minimum Gasteiger partial charge on any atom is -0.508 e. The Balaban J connectivity index is 1.16. The largest absolute Gasteiger partial charge is 0.508 e. The SMILES string of the molecule is COCc1cccc2cc(O)cc(-c3c(F)c4nc(OC[C@]56C[C@@H](F)CN5CC5(CCC5)C6)nc5c4n(c3=O)CCC3C4CCC(CN53)N4)c12. The third-order valence-electron chi connectivity index (χ3n) is 12.9. The van der Waals surface area contributed by atoms with E-state index in [0.29, 0.717) is 54.6 Å². The first kappa shape index (κ1) is 30.9. The first-order valence-corrected chi connectivity index (χ1v) is 18.2. The number of pyridine rings is 1. The van der Waals surface area contributed by atoms with Crippen molar-refractivity contribution < 1.29 is 23.4 Å². The molecule has 5 atom stereocenters. The van der Waals surface area contributed by atoms with E-state index in [1.807, 2.05) is 18.2 Å². The van der Waals surface area contributed by atoms with Crippen LogP contribution in [0.2, 0.25) is 0 Å². The van der Waals surface area contributed by atoms with Crippen LogP contribution in [0.25, 0.3) is 32.9 Å². The van der Waals surface area contributed by atoms with Gasteiger partial charge in [0.2, 0.25) is 0 Å². The van der Waals surface area contributed by atoms with E-state index in [4.69, 9.17) is 19.4 Å². The number of phenolic OH excluding ortho intramolecular Hbond substituents is 1. The Morgan fingerprint density at radius 3 is 2.84 bits per heavy atom. The summed E-state index contributed by atoms with van der Waals surface area (Å²) in [5.41, 5.74) is 0.589. The summed E-state index contributed by atoms with van der Waals surface area (Å²) in [4.78, 5) is 28.9. The Morgan fingerprint density at radius 1 is 1.14 bits per heavy atom. The van der Waals surface area contributed by atoms with E-state index in [9.17, 15) is 14.3 Å². The van der Waals surface area contributed by atoms with Crippen molar-refractivity contribution in [2.24, 2.45) is 5.41 Å². The lowest BCUT2D eigenvalue weighted by atomic mass is 9.65. The summed E-state index contributed by atoms with van der Waals surface area (Å²) < 4.78 is 46.0. The number of aromatic nitrogens is 3. The van der Waals surface area contributed by atoms with Crippen molar-refractivity contribution in [3.05, 3.63) is 52.1 Å². The third-order valence-corrected chi connectivity index (χ3v) is 12.9. The molecule has 2 N–H and O–H groups in total. The van der Waals surface area contributed by atoms with Gasteiger partial charge in [-0.3, -0.25) is 9.69 Å². The van der Waals surface area contributed by atoms with Crippen molar-refractivity contribution in [2.75, 3.05) is 38.3 Å². The maximum absolute atomic E-state index is 17.4. The summed E-state index contributed by atoms with van der Waals surface area (Å²) >= 11 is 0. The van der Waals surface area contributed by atoms with Gasteiger partial charge in [0, 0.05) is 63.4 Å². The van der Waals surface area contributed by atoms with Crippen LogP contribution in [0.5, 0.6) is 11.8 Å². The number of ether oxygens (including phenoxy) is 2. The van der Waals surface area contributed by atoms with E-state index in [1.165, 1.54) is 12.5 Å². The second-order valence-corrected chi connectivity index (χ2v) is 15.9. The molecule has 5 aliphatic heterocycles. The van der Waals surface area contributed by atoms with Gasteiger partial charge in [-0.15, -0.1) is 0 Å². The van der Waals surface area contributed by atoms with Crippen LogP contribution in [0.15, 0.2) is 35.1 Å². The van der Waals surface area contributed by atoms with Crippen LogP contribution in [0.4, 0.5) is 14.6 Å². The molecule has 2 bridgehead atoms. The Hall–Kier alpha value is -3.87. The lowest BCUT2D eigenvalue weighted by Gasteiger charge is -2.41. The Labute approximate surface area is 288 Å². The summed E-state index contributed by atoms with van der Waals surface area (Å²) in [6.07, 6.45) is 6.65. The van der Waals surface area contributed by atoms with Crippen LogP contribution in [0.3, 0.4) is 0 Å². The summed E-state index contributed by atoms with van der Waals surface area (Å²) in [5, 5.41) is 15.9. The zero-order valence-electron chi connectivity index (χ0n) is 28.3. The molecule has 1 aliphatic carbocycles. The van der Waals surface area contributed by atoms with Gasteiger partial charge in [-0.25, -0.2) is 8.78 Å². The maximum Gasteiger partial charge on any atom is 0.319 e. The molecule has 2 aromatic carbocycles. The molecule has 262 valence electrons. The molecule has 1 spiro atoms. The van der Waals surface area contributed by atoms with Crippen LogP contribution in [0, 0.1) is 11.2 Å². The Kier molecular flexibility index (Phi) is 6.84. The van der Waals surface area contributed by atoms with E-state index in [0.717, 1.165) is 44.2 Å². The van der Waals surface area contributed by atoms with Crippen molar-refractivity contribution in [1.29, 1.82) is 0 Å². The highest BCUT2D eigenvalue weighted by molar-refractivity contribution is 6.02. The van der Waals surface area contributed by atoms with Gasteiger partial charge in [-0.1, -0.05) is 24.6 Å². The molecule has 2 aromatic heterocycles.